The molecule has 0 radical (unpaired) electrons. The quantitative estimate of drug-likeness (QED) is 0.506. The standard InChI is InChI=1S/C22H26F3N3.2ClH/c1-2-28-20-6-4-3-5-17(20)18-15-16(7-8-21(18)28)19(9-10-22(23,24)25)27-13-11-26-12-14-27;;/h3-8,15,19,26H,2,9-14H2,1H3;2*1H/t19-;;/m0../s1. The summed E-state index contributed by atoms with van der Waals surface area (Å²) >= 11 is 0. The van der Waals surface area contributed by atoms with Gasteiger partial charge in [-0.15, -0.1) is 24.8 Å². The van der Waals surface area contributed by atoms with Crippen molar-refractivity contribution in [2.75, 3.05) is 26.2 Å². The Bertz CT molecular complexity index is 965. The van der Waals surface area contributed by atoms with E-state index in [1.807, 2.05) is 18.2 Å². The summed E-state index contributed by atoms with van der Waals surface area (Å²) in [6.07, 6.45) is -4.79. The molecular weight excluding hydrogens is 434 g/mol. The molecule has 0 unspecified atom stereocenters. The van der Waals surface area contributed by atoms with Gasteiger partial charge in [0, 0.05) is 67.0 Å². The number of hydrogen-bond donors (Lipinski definition) is 1. The van der Waals surface area contributed by atoms with Gasteiger partial charge in [-0.3, -0.25) is 4.90 Å². The minimum absolute atomic E-state index is 0. The Balaban J connectivity index is 0.00000160. The van der Waals surface area contributed by atoms with Gasteiger partial charge in [0.25, 0.3) is 0 Å². The predicted molar refractivity (Wildman–Crippen MR) is 122 cm³/mol. The van der Waals surface area contributed by atoms with Crippen molar-refractivity contribution in [2.24, 2.45) is 0 Å². The van der Waals surface area contributed by atoms with Crippen LogP contribution >= 0.6 is 24.8 Å². The molecule has 1 N–H and O–H groups in total. The van der Waals surface area contributed by atoms with Gasteiger partial charge in [0.2, 0.25) is 0 Å². The second kappa shape index (κ2) is 10.2. The van der Waals surface area contributed by atoms with Crippen LogP contribution in [-0.4, -0.2) is 41.8 Å². The Hall–Kier alpha value is -1.47. The number of nitrogens with one attached hydrogen (secondary N) is 1. The molecule has 166 valence electrons. The third-order valence-electron chi connectivity index (χ3n) is 5.79. The third kappa shape index (κ3) is 5.05. The molecule has 1 aromatic heterocycles. The Labute approximate surface area is 187 Å². The van der Waals surface area contributed by atoms with Crippen LogP contribution in [0.2, 0.25) is 0 Å². The van der Waals surface area contributed by atoms with Gasteiger partial charge in [0.15, 0.2) is 0 Å². The lowest BCUT2D eigenvalue weighted by atomic mass is 9.97. The molecule has 1 saturated heterocycles. The third-order valence-corrected chi connectivity index (χ3v) is 5.79. The largest absolute Gasteiger partial charge is 0.389 e. The van der Waals surface area contributed by atoms with Gasteiger partial charge in [-0.2, -0.15) is 13.2 Å². The second-order valence-electron chi connectivity index (χ2n) is 7.49. The molecule has 3 aromatic rings. The van der Waals surface area contributed by atoms with Crippen molar-refractivity contribution in [1.82, 2.24) is 14.8 Å². The number of para-hydroxylation sites is 1. The molecule has 1 aliphatic heterocycles. The lowest BCUT2D eigenvalue weighted by molar-refractivity contribution is -0.138. The maximum absolute atomic E-state index is 13.0. The van der Waals surface area contributed by atoms with Crippen LogP contribution in [0.5, 0.6) is 0 Å². The topological polar surface area (TPSA) is 20.2 Å². The summed E-state index contributed by atoms with van der Waals surface area (Å²) in [7, 11) is 0. The first-order valence-corrected chi connectivity index (χ1v) is 10.0. The zero-order valence-electron chi connectivity index (χ0n) is 16.9. The Morgan fingerprint density at radius 3 is 2.30 bits per heavy atom. The summed E-state index contributed by atoms with van der Waals surface area (Å²) in [6, 6.07) is 14.3. The van der Waals surface area contributed by atoms with Crippen LogP contribution in [0.1, 0.15) is 31.4 Å². The van der Waals surface area contributed by atoms with Crippen molar-refractivity contribution in [3.63, 3.8) is 0 Å². The number of aryl methyl sites for hydroxylation is 1. The predicted octanol–water partition coefficient (Wildman–Crippen LogP) is 5.95. The molecule has 8 heteroatoms. The van der Waals surface area contributed by atoms with Crippen molar-refractivity contribution < 1.29 is 13.2 Å². The fourth-order valence-corrected chi connectivity index (χ4v) is 4.47. The summed E-state index contributed by atoms with van der Waals surface area (Å²) in [5.41, 5.74) is 3.30. The van der Waals surface area contributed by atoms with Crippen LogP contribution < -0.4 is 5.32 Å². The molecule has 0 saturated carbocycles. The first kappa shape index (κ1) is 24.8. The summed E-state index contributed by atoms with van der Waals surface area (Å²) in [5.74, 6) is 0. The van der Waals surface area contributed by atoms with Crippen molar-refractivity contribution in [1.29, 1.82) is 0 Å². The maximum Gasteiger partial charge on any atom is 0.389 e. The summed E-state index contributed by atoms with van der Waals surface area (Å²) in [5, 5.41) is 5.58. The van der Waals surface area contributed by atoms with Gasteiger partial charge in [-0.25, -0.2) is 0 Å². The first-order chi connectivity index (χ1) is 13.5. The highest BCUT2D eigenvalue weighted by molar-refractivity contribution is 6.08. The molecule has 0 amide bonds. The van der Waals surface area contributed by atoms with E-state index in [9.17, 15) is 13.2 Å². The first-order valence-electron chi connectivity index (χ1n) is 10.0. The minimum atomic E-state index is -4.13. The highest BCUT2D eigenvalue weighted by Crippen LogP contribution is 2.36. The Kier molecular flexibility index (Phi) is 8.45. The van der Waals surface area contributed by atoms with Gasteiger partial charge in [-0.05, 0) is 37.1 Å². The Morgan fingerprint density at radius 2 is 1.63 bits per heavy atom. The number of fused-ring (bicyclic) bond motifs is 3. The van der Waals surface area contributed by atoms with Gasteiger partial charge < -0.3 is 9.88 Å². The number of benzene rings is 2. The van der Waals surface area contributed by atoms with E-state index in [2.05, 4.69) is 46.0 Å². The van der Waals surface area contributed by atoms with Crippen molar-refractivity contribution in [3.8, 4) is 0 Å². The fraction of sp³-hybridized carbons (Fsp3) is 0.455. The molecule has 4 rings (SSSR count). The van der Waals surface area contributed by atoms with E-state index in [0.717, 1.165) is 54.6 Å². The molecular formula is C22H28Cl2F3N3. The average molecular weight is 462 g/mol. The lowest BCUT2D eigenvalue weighted by Gasteiger charge is -2.35. The number of rotatable bonds is 5. The monoisotopic (exact) mass is 461 g/mol. The minimum Gasteiger partial charge on any atom is -0.341 e. The number of aromatic nitrogens is 1. The average Bonchev–Trinajstić information content (AvgIpc) is 3.01. The van der Waals surface area contributed by atoms with Crippen LogP contribution in [0.3, 0.4) is 0 Å². The van der Waals surface area contributed by atoms with E-state index in [1.54, 1.807) is 0 Å². The van der Waals surface area contributed by atoms with Crippen LogP contribution in [0, 0.1) is 0 Å². The molecule has 3 nitrogen and oxygen atoms in total. The zero-order valence-corrected chi connectivity index (χ0v) is 18.5. The number of nitrogens with zero attached hydrogens (tertiary/aromatic N) is 2. The smallest absolute Gasteiger partial charge is 0.341 e. The normalized spacial score (nSPS) is 16.3. The van der Waals surface area contributed by atoms with Crippen molar-refractivity contribution >= 4 is 46.6 Å². The van der Waals surface area contributed by atoms with E-state index in [4.69, 9.17) is 0 Å². The maximum atomic E-state index is 13.0. The van der Waals surface area contributed by atoms with Crippen molar-refractivity contribution in [3.05, 3.63) is 48.0 Å². The second-order valence-corrected chi connectivity index (χ2v) is 7.49. The molecule has 1 atom stereocenters. The highest BCUT2D eigenvalue weighted by atomic mass is 35.5. The fourth-order valence-electron chi connectivity index (χ4n) is 4.47. The van der Waals surface area contributed by atoms with E-state index >= 15 is 0 Å². The van der Waals surface area contributed by atoms with E-state index in [-0.39, 0.29) is 37.3 Å². The molecule has 1 aliphatic rings. The molecule has 2 aromatic carbocycles. The molecule has 1 fully saturated rings. The van der Waals surface area contributed by atoms with Crippen LogP contribution in [0.15, 0.2) is 42.5 Å². The highest BCUT2D eigenvalue weighted by Gasteiger charge is 2.31. The number of piperazine rings is 1. The van der Waals surface area contributed by atoms with Gasteiger partial charge in [-0.1, -0.05) is 24.3 Å². The SMILES string of the molecule is CCn1c2ccccc2c2cc([C@H](CCC(F)(F)F)N3CCNCC3)ccc21.Cl.Cl. The van der Waals surface area contributed by atoms with Crippen LogP contribution in [0.25, 0.3) is 21.8 Å². The molecule has 30 heavy (non-hydrogen) atoms. The molecule has 2 heterocycles. The number of hydrogen-bond acceptors (Lipinski definition) is 2. The summed E-state index contributed by atoms with van der Waals surface area (Å²) in [4.78, 5) is 2.20. The van der Waals surface area contributed by atoms with E-state index < -0.39 is 12.6 Å². The van der Waals surface area contributed by atoms with Crippen LogP contribution in [-0.2, 0) is 6.54 Å². The number of alkyl halides is 3. The number of halogens is 5. The van der Waals surface area contributed by atoms with Gasteiger partial charge in [0.1, 0.15) is 0 Å². The van der Waals surface area contributed by atoms with E-state index in [1.165, 1.54) is 5.52 Å². The zero-order chi connectivity index (χ0) is 19.7. The Morgan fingerprint density at radius 1 is 0.967 bits per heavy atom. The van der Waals surface area contributed by atoms with E-state index in [0.29, 0.717) is 0 Å². The summed E-state index contributed by atoms with van der Waals surface area (Å²) < 4.78 is 41.2. The molecule has 0 bridgehead atoms. The lowest BCUT2D eigenvalue weighted by Crippen LogP contribution is -2.45. The summed E-state index contributed by atoms with van der Waals surface area (Å²) in [6.45, 7) is 6.17. The molecule has 0 spiro atoms. The molecule has 0 aliphatic carbocycles. The van der Waals surface area contributed by atoms with Crippen molar-refractivity contribution in [2.45, 2.75) is 38.5 Å². The van der Waals surface area contributed by atoms with Gasteiger partial charge >= 0.3 is 6.18 Å². The van der Waals surface area contributed by atoms with Gasteiger partial charge in [0.05, 0.1) is 0 Å². The van der Waals surface area contributed by atoms with Crippen LogP contribution in [0.4, 0.5) is 13.2 Å².